The molecule has 7 nitrogen and oxygen atoms in total. The molecular weight excluding hydrogens is 262 g/mol. The molecule has 1 aromatic rings. The summed E-state index contributed by atoms with van der Waals surface area (Å²) in [6.45, 7) is 0. The number of rotatable bonds is 1. The van der Waals surface area contributed by atoms with E-state index in [1.165, 1.54) is 12.1 Å². The van der Waals surface area contributed by atoms with E-state index in [0.717, 1.165) is 0 Å². The third-order valence-electron chi connectivity index (χ3n) is 3.76. The molecule has 0 spiro atoms. The summed E-state index contributed by atoms with van der Waals surface area (Å²) in [6.07, 6.45) is -0.400. The molecule has 2 aliphatic rings. The fourth-order valence-electron chi connectivity index (χ4n) is 2.72. The molecule has 0 aromatic heterocycles. The number of carbonyl (C=O) groups excluding carboxylic acids is 2. The molecule has 2 heterocycles. The minimum absolute atomic E-state index is 0.0907. The Balaban J connectivity index is 1.99. The number of aliphatic hydroxyl groups excluding tert-OH is 1. The Morgan fingerprint density at radius 1 is 1.30 bits per heavy atom. The van der Waals surface area contributed by atoms with E-state index < -0.39 is 18.3 Å². The lowest BCUT2D eigenvalue weighted by Gasteiger charge is -2.34. The quantitative estimate of drug-likeness (QED) is 0.612. The van der Waals surface area contributed by atoms with Crippen LogP contribution in [0.2, 0.25) is 0 Å². The first kappa shape index (κ1) is 12.7. The third-order valence-corrected chi connectivity index (χ3v) is 3.76. The number of anilines is 2. The van der Waals surface area contributed by atoms with Crippen LogP contribution in [0.1, 0.15) is 12.8 Å². The SMILES string of the molecule is CN1c2cc(O)ccc2N(C2CCC(=O)NC2=O)C1O. The molecule has 1 aromatic carbocycles. The molecule has 3 rings (SSSR count). The average Bonchev–Trinajstić information content (AvgIpc) is 2.63. The highest BCUT2D eigenvalue weighted by atomic mass is 16.3. The van der Waals surface area contributed by atoms with Crippen molar-refractivity contribution in [3.05, 3.63) is 18.2 Å². The van der Waals surface area contributed by atoms with Crippen LogP contribution < -0.4 is 15.1 Å². The molecule has 0 aliphatic carbocycles. The van der Waals surface area contributed by atoms with Gasteiger partial charge in [0.05, 0.1) is 11.4 Å². The van der Waals surface area contributed by atoms with E-state index in [4.69, 9.17) is 0 Å². The zero-order valence-corrected chi connectivity index (χ0v) is 10.9. The van der Waals surface area contributed by atoms with Gasteiger partial charge in [-0.3, -0.25) is 14.9 Å². The van der Waals surface area contributed by atoms with Gasteiger partial charge in [0.1, 0.15) is 11.8 Å². The van der Waals surface area contributed by atoms with Crippen LogP contribution in [-0.4, -0.2) is 41.5 Å². The summed E-state index contributed by atoms with van der Waals surface area (Å²) < 4.78 is 0. The van der Waals surface area contributed by atoms with Crippen molar-refractivity contribution < 1.29 is 19.8 Å². The number of hydrogen-bond acceptors (Lipinski definition) is 6. The van der Waals surface area contributed by atoms with Gasteiger partial charge in [-0.15, -0.1) is 0 Å². The molecule has 2 unspecified atom stereocenters. The second-order valence-electron chi connectivity index (χ2n) is 5.00. The summed E-state index contributed by atoms with van der Waals surface area (Å²) in [5.74, 6) is -0.609. The molecule has 3 N–H and O–H groups in total. The number of carbonyl (C=O) groups is 2. The fourth-order valence-corrected chi connectivity index (χ4v) is 2.72. The van der Waals surface area contributed by atoms with Crippen molar-refractivity contribution in [2.75, 3.05) is 16.8 Å². The zero-order chi connectivity index (χ0) is 14.4. The van der Waals surface area contributed by atoms with Gasteiger partial charge in [0.2, 0.25) is 18.2 Å². The first-order valence-corrected chi connectivity index (χ1v) is 6.35. The highest BCUT2D eigenvalue weighted by Gasteiger charge is 2.41. The van der Waals surface area contributed by atoms with Crippen molar-refractivity contribution in [1.29, 1.82) is 0 Å². The molecule has 2 aliphatic heterocycles. The van der Waals surface area contributed by atoms with E-state index in [1.807, 2.05) is 0 Å². The van der Waals surface area contributed by atoms with E-state index in [1.54, 1.807) is 22.9 Å². The number of imide groups is 1. The minimum atomic E-state index is -1.00. The van der Waals surface area contributed by atoms with Crippen LogP contribution in [0.15, 0.2) is 18.2 Å². The maximum atomic E-state index is 12.0. The largest absolute Gasteiger partial charge is 0.508 e. The Morgan fingerprint density at radius 3 is 2.75 bits per heavy atom. The van der Waals surface area contributed by atoms with Crippen LogP contribution in [0.4, 0.5) is 11.4 Å². The molecule has 7 heteroatoms. The van der Waals surface area contributed by atoms with Crippen molar-refractivity contribution in [2.24, 2.45) is 0 Å². The van der Waals surface area contributed by atoms with Crippen molar-refractivity contribution in [1.82, 2.24) is 5.32 Å². The van der Waals surface area contributed by atoms with Gasteiger partial charge < -0.3 is 20.0 Å². The topological polar surface area (TPSA) is 93.1 Å². The highest BCUT2D eigenvalue weighted by molar-refractivity contribution is 6.02. The summed E-state index contributed by atoms with van der Waals surface area (Å²) in [4.78, 5) is 26.3. The second kappa shape index (κ2) is 4.38. The van der Waals surface area contributed by atoms with Crippen LogP contribution in [-0.2, 0) is 9.59 Å². The number of aliphatic hydroxyl groups is 1. The smallest absolute Gasteiger partial charge is 0.249 e. The van der Waals surface area contributed by atoms with Gasteiger partial charge >= 0.3 is 0 Å². The zero-order valence-electron chi connectivity index (χ0n) is 10.9. The average molecular weight is 277 g/mol. The Kier molecular flexibility index (Phi) is 2.79. The van der Waals surface area contributed by atoms with Crippen molar-refractivity contribution >= 4 is 23.2 Å². The van der Waals surface area contributed by atoms with Gasteiger partial charge in [-0.25, -0.2) is 0 Å². The minimum Gasteiger partial charge on any atom is -0.508 e. The van der Waals surface area contributed by atoms with Crippen LogP contribution in [0.5, 0.6) is 5.75 Å². The van der Waals surface area contributed by atoms with E-state index in [2.05, 4.69) is 5.32 Å². The summed E-state index contributed by atoms with van der Waals surface area (Å²) in [5, 5.41) is 22.1. The summed E-state index contributed by atoms with van der Waals surface area (Å²) in [5.41, 5.74) is 1.30. The van der Waals surface area contributed by atoms with Gasteiger partial charge in [0.15, 0.2) is 0 Å². The molecular formula is C13H15N3O4. The number of hydrogen-bond donors (Lipinski definition) is 3. The van der Waals surface area contributed by atoms with Crippen LogP contribution in [0, 0.1) is 0 Å². The first-order chi connectivity index (χ1) is 9.49. The van der Waals surface area contributed by atoms with Gasteiger partial charge in [-0.2, -0.15) is 0 Å². The lowest BCUT2D eigenvalue weighted by Crippen LogP contribution is -2.56. The number of phenols is 1. The van der Waals surface area contributed by atoms with E-state index in [-0.39, 0.29) is 18.1 Å². The summed E-state index contributed by atoms with van der Waals surface area (Å²) in [7, 11) is 1.68. The summed E-state index contributed by atoms with van der Waals surface area (Å²) >= 11 is 0. The Labute approximate surface area is 115 Å². The third kappa shape index (κ3) is 1.78. The standard InChI is InChI=1S/C13H15N3O4/c1-15-10-6-7(17)2-3-8(10)16(13(15)20)9-4-5-11(18)14-12(9)19/h2-3,6,9,13,17,20H,4-5H2,1H3,(H,14,18,19). The highest BCUT2D eigenvalue weighted by Crippen LogP contribution is 2.41. The van der Waals surface area contributed by atoms with Crippen molar-refractivity contribution in [3.63, 3.8) is 0 Å². The van der Waals surface area contributed by atoms with Crippen molar-refractivity contribution in [2.45, 2.75) is 25.2 Å². The maximum absolute atomic E-state index is 12.0. The Morgan fingerprint density at radius 2 is 2.05 bits per heavy atom. The number of benzene rings is 1. The molecule has 106 valence electrons. The molecule has 0 saturated carbocycles. The van der Waals surface area contributed by atoms with Gasteiger partial charge in [-0.05, 0) is 18.6 Å². The maximum Gasteiger partial charge on any atom is 0.249 e. The second-order valence-corrected chi connectivity index (χ2v) is 5.00. The molecule has 1 fully saturated rings. The number of nitrogens with zero attached hydrogens (tertiary/aromatic N) is 2. The van der Waals surface area contributed by atoms with Gasteiger partial charge in [0, 0.05) is 19.5 Å². The Bertz CT molecular complexity index is 589. The molecule has 2 amide bonds. The van der Waals surface area contributed by atoms with E-state index in [0.29, 0.717) is 17.8 Å². The lowest BCUT2D eigenvalue weighted by atomic mass is 10.0. The van der Waals surface area contributed by atoms with Crippen LogP contribution in [0.3, 0.4) is 0 Å². The van der Waals surface area contributed by atoms with Gasteiger partial charge in [0.25, 0.3) is 0 Å². The Hall–Kier alpha value is -2.28. The first-order valence-electron chi connectivity index (χ1n) is 6.35. The normalized spacial score (nSPS) is 25.7. The molecule has 0 radical (unpaired) electrons. The number of amides is 2. The van der Waals surface area contributed by atoms with Crippen molar-refractivity contribution in [3.8, 4) is 5.75 Å². The van der Waals surface area contributed by atoms with Crippen LogP contribution in [0.25, 0.3) is 0 Å². The molecule has 1 saturated heterocycles. The van der Waals surface area contributed by atoms with Gasteiger partial charge in [-0.1, -0.05) is 0 Å². The van der Waals surface area contributed by atoms with E-state index >= 15 is 0 Å². The number of piperidine rings is 1. The molecule has 0 bridgehead atoms. The monoisotopic (exact) mass is 277 g/mol. The number of fused-ring (bicyclic) bond motifs is 1. The number of nitrogens with one attached hydrogen (secondary N) is 1. The predicted octanol–water partition coefficient (Wildman–Crippen LogP) is -0.271. The predicted molar refractivity (Wildman–Crippen MR) is 71.2 cm³/mol. The molecule has 20 heavy (non-hydrogen) atoms. The number of phenolic OH excluding ortho intramolecular Hbond substituents is 1. The lowest BCUT2D eigenvalue weighted by molar-refractivity contribution is -0.134. The summed E-state index contributed by atoms with van der Waals surface area (Å²) in [6, 6.07) is 4.09. The number of aromatic hydroxyl groups is 1. The van der Waals surface area contributed by atoms with Crippen LogP contribution >= 0.6 is 0 Å². The molecule has 2 atom stereocenters. The van der Waals surface area contributed by atoms with E-state index in [9.17, 15) is 19.8 Å². The fraction of sp³-hybridized carbons (Fsp3) is 0.385.